The van der Waals surface area contributed by atoms with Crippen molar-refractivity contribution in [1.82, 2.24) is 0 Å². The lowest BCUT2D eigenvalue weighted by molar-refractivity contribution is 0.618. The van der Waals surface area contributed by atoms with Gasteiger partial charge in [-0.05, 0) is 25.5 Å². The summed E-state index contributed by atoms with van der Waals surface area (Å²) in [5.74, 6) is -0.135. The lowest BCUT2D eigenvalue weighted by Crippen LogP contribution is -2.12. The van der Waals surface area contributed by atoms with Crippen LogP contribution in [0.15, 0.2) is 12.1 Å². The lowest BCUT2D eigenvalue weighted by Gasteiger charge is -2.18. The maximum absolute atomic E-state index is 13.1. The minimum atomic E-state index is -0.135. The SMILES string of the molecule is Cc1ccc(F)c(C)c1N(C)C. The molecule has 0 saturated heterocycles. The van der Waals surface area contributed by atoms with Crippen molar-refractivity contribution >= 4 is 5.69 Å². The number of rotatable bonds is 1. The van der Waals surface area contributed by atoms with Gasteiger partial charge in [0.25, 0.3) is 0 Å². The first-order valence-electron chi connectivity index (χ1n) is 3.97. The number of hydrogen-bond donors (Lipinski definition) is 0. The Morgan fingerprint density at radius 3 is 2.17 bits per heavy atom. The molecule has 12 heavy (non-hydrogen) atoms. The van der Waals surface area contributed by atoms with E-state index >= 15 is 0 Å². The van der Waals surface area contributed by atoms with E-state index in [1.165, 1.54) is 6.07 Å². The van der Waals surface area contributed by atoms with E-state index in [1.54, 1.807) is 13.0 Å². The maximum atomic E-state index is 13.1. The highest BCUT2D eigenvalue weighted by atomic mass is 19.1. The van der Waals surface area contributed by atoms with E-state index in [4.69, 9.17) is 0 Å². The molecular weight excluding hydrogens is 153 g/mol. The molecule has 0 radical (unpaired) electrons. The average molecular weight is 167 g/mol. The standard InChI is InChI=1S/C10H14FN/c1-7-5-6-9(11)8(2)10(7)12(3)4/h5-6H,1-4H3. The van der Waals surface area contributed by atoms with E-state index in [-0.39, 0.29) is 5.82 Å². The minimum absolute atomic E-state index is 0.135. The number of anilines is 1. The molecule has 0 saturated carbocycles. The summed E-state index contributed by atoms with van der Waals surface area (Å²) in [5, 5.41) is 0. The molecule has 0 N–H and O–H groups in total. The summed E-state index contributed by atoms with van der Waals surface area (Å²) in [4.78, 5) is 1.94. The molecule has 0 bridgehead atoms. The van der Waals surface area contributed by atoms with Crippen LogP contribution in [-0.4, -0.2) is 14.1 Å². The Balaban J connectivity index is 3.33. The zero-order chi connectivity index (χ0) is 9.30. The maximum Gasteiger partial charge on any atom is 0.128 e. The zero-order valence-electron chi connectivity index (χ0n) is 7.98. The van der Waals surface area contributed by atoms with E-state index in [0.717, 1.165) is 16.8 Å². The summed E-state index contributed by atoms with van der Waals surface area (Å²) in [6.45, 7) is 3.79. The molecule has 0 aliphatic carbocycles. The molecule has 1 nitrogen and oxygen atoms in total. The first kappa shape index (κ1) is 9.04. The van der Waals surface area contributed by atoms with Gasteiger partial charge in [0, 0.05) is 25.3 Å². The number of hydrogen-bond acceptors (Lipinski definition) is 1. The van der Waals surface area contributed by atoms with E-state index in [1.807, 2.05) is 25.9 Å². The van der Waals surface area contributed by atoms with Crippen molar-refractivity contribution in [2.24, 2.45) is 0 Å². The van der Waals surface area contributed by atoms with E-state index in [2.05, 4.69) is 0 Å². The average Bonchev–Trinajstić information content (AvgIpc) is 1.97. The van der Waals surface area contributed by atoms with Gasteiger partial charge in [-0.1, -0.05) is 6.07 Å². The van der Waals surface area contributed by atoms with Gasteiger partial charge in [-0.15, -0.1) is 0 Å². The predicted molar refractivity (Wildman–Crippen MR) is 50.2 cm³/mol. The molecule has 0 spiro atoms. The molecular formula is C10H14FN. The first-order chi connectivity index (χ1) is 5.54. The molecule has 1 aromatic rings. The van der Waals surface area contributed by atoms with Crippen molar-refractivity contribution in [3.05, 3.63) is 29.1 Å². The van der Waals surface area contributed by atoms with E-state index in [0.29, 0.717) is 0 Å². The Labute approximate surface area is 72.8 Å². The van der Waals surface area contributed by atoms with Gasteiger partial charge in [-0.25, -0.2) is 4.39 Å². The highest BCUT2D eigenvalue weighted by Crippen LogP contribution is 2.24. The summed E-state index contributed by atoms with van der Waals surface area (Å²) >= 11 is 0. The number of benzene rings is 1. The van der Waals surface area contributed by atoms with Gasteiger partial charge in [0.15, 0.2) is 0 Å². The number of halogens is 1. The van der Waals surface area contributed by atoms with Gasteiger partial charge in [-0.3, -0.25) is 0 Å². The largest absolute Gasteiger partial charge is 0.377 e. The van der Waals surface area contributed by atoms with Gasteiger partial charge in [0.1, 0.15) is 5.82 Å². The molecule has 66 valence electrons. The zero-order valence-corrected chi connectivity index (χ0v) is 7.98. The quantitative estimate of drug-likeness (QED) is 0.621. The Bertz CT molecular complexity index is 292. The molecule has 0 unspecified atom stereocenters. The van der Waals surface area contributed by atoms with Crippen LogP contribution in [0.25, 0.3) is 0 Å². The fraction of sp³-hybridized carbons (Fsp3) is 0.400. The van der Waals surface area contributed by atoms with Crippen molar-refractivity contribution < 1.29 is 4.39 Å². The Hall–Kier alpha value is -1.05. The molecule has 0 aliphatic rings. The summed E-state index contributed by atoms with van der Waals surface area (Å²) in [6.07, 6.45) is 0. The Kier molecular flexibility index (Phi) is 2.36. The Morgan fingerprint density at radius 2 is 1.75 bits per heavy atom. The van der Waals surface area contributed by atoms with Crippen molar-refractivity contribution in [3.8, 4) is 0 Å². The van der Waals surface area contributed by atoms with Crippen LogP contribution in [0.5, 0.6) is 0 Å². The van der Waals surface area contributed by atoms with Crippen molar-refractivity contribution in [2.75, 3.05) is 19.0 Å². The molecule has 0 fully saturated rings. The minimum Gasteiger partial charge on any atom is -0.377 e. The van der Waals surface area contributed by atoms with Crippen LogP contribution in [0.2, 0.25) is 0 Å². The molecule has 0 atom stereocenters. The van der Waals surface area contributed by atoms with Crippen LogP contribution < -0.4 is 4.90 Å². The predicted octanol–water partition coefficient (Wildman–Crippen LogP) is 2.51. The van der Waals surface area contributed by atoms with Gasteiger partial charge < -0.3 is 4.90 Å². The van der Waals surface area contributed by atoms with Crippen molar-refractivity contribution in [3.63, 3.8) is 0 Å². The van der Waals surface area contributed by atoms with E-state index in [9.17, 15) is 4.39 Å². The van der Waals surface area contributed by atoms with Gasteiger partial charge in [-0.2, -0.15) is 0 Å². The molecule has 1 rings (SSSR count). The smallest absolute Gasteiger partial charge is 0.128 e. The molecule has 0 heterocycles. The number of aryl methyl sites for hydroxylation is 1. The summed E-state index contributed by atoms with van der Waals surface area (Å²) in [7, 11) is 3.85. The summed E-state index contributed by atoms with van der Waals surface area (Å²) in [6, 6.07) is 3.31. The molecule has 1 aromatic carbocycles. The molecule has 0 aliphatic heterocycles. The molecule has 0 aromatic heterocycles. The van der Waals surface area contributed by atoms with E-state index < -0.39 is 0 Å². The van der Waals surface area contributed by atoms with Crippen LogP contribution in [-0.2, 0) is 0 Å². The normalized spacial score (nSPS) is 10.1. The fourth-order valence-corrected chi connectivity index (χ4v) is 1.50. The molecule has 2 heteroatoms. The second-order valence-corrected chi connectivity index (χ2v) is 3.23. The van der Waals surface area contributed by atoms with Crippen LogP contribution in [0.4, 0.5) is 10.1 Å². The topological polar surface area (TPSA) is 3.24 Å². The monoisotopic (exact) mass is 167 g/mol. The van der Waals surface area contributed by atoms with Gasteiger partial charge >= 0.3 is 0 Å². The van der Waals surface area contributed by atoms with Crippen LogP contribution in [0.3, 0.4) is 0 Å². The third-order valence-corrected chi connectivity index (χ3v) is 2.01. The number of nitrogens with zero attached hydrogens (tertiary/aromatic N) is 1. The third-order valence-electron chi connectivity index (χ3n) is 2.01. The Morgan fingerprint density at radius 1 is 1.17 bits per heavy atom. The van der Waals surface area contributed by atoms with Crippen LogP contribution in [0, 0.1) is 19.7 Å². The highest BCUT2D eigenvalue weighted by Gasteiger charge is 2.07. The highest BCUT2D eigenvalue weighted by molar-refractivity contribution is 5.58. The second-order valence-electron chi connectivity index (χ2n) is 3.23. The lowest BCUT2D eigenvalue weighted by atomic mass is 10.1. The van der Waals surface area contributed by atoms with Crippen molar-refractivity contribution in [1.29, 1.82) is 0 Å². The third kappa shape index (κ3) is 1.42. The van der Waals surface area contributed by atoms with Crippen LogP contribution in [0.1, 0.15) is 11.1 Å². The summed E-state index contributed by atoms with van der Waals surface area (Å²) in [5.41, 5.74) is 2.81. The van der Waals surface area contributed by atoms with Crippen LogP contribution >= 0.6 is 0 Å². The summed E-state index contributed by atoms with van der Waals surface area (Å²) < 4.78 is 13.1. The fourth-order valence-electron chi connectivity index (χ4n) is 1.50. The first-order valence-corrected chi connectivity index (χ1v) is 3.97. The van der Waals surface area contributed by atoms with Gasteiger partial charge in [0.05, 0.1) is 0 Å². The van der Waals surface area contributed by atoms with Gasteiger partial charge in [0.2, 0.25) is 0 Å². The second kappa shape index (κ2) is 3.13. The van der Waals surface area contributed by atoms with Crippen molar-refractivity contribution in [2.45, 2.75) is 13.8 Å². The molecule has 0 amide bonds.